The zero-order chi connectivity index (χ0) is 22.6. The summed E-state index contributed by atoms with van der Waals surface area (Å²) >= 11 is 0. The molecule has 160 valence electrons. The zero-order valence-corrected chi connectivity index (χ0v) is 16.5. The van der Waals surface area contributed by atoms with E-state index in [0.717, 1.165) is 22.5 Å². The Kier molecular flexibility index (Phi) is 6.12. The summed E-state index contributed by atoms with van der Waals surface area (Å²) in [7, 11) is 2.00. The molecule has 0 aliphatic carbocycles. The minimum Gasteiger partial charge on any atom is -0.542 e. The highest BCUT2D eigenvalue weighted by Gasteiger charge is 2.40. The van der Waals surface area contributed by atoms with Crippen molar-refractivity contribution >= 4 is 11.6 Å². The molecule has 4 rings (SSSR count). The molecule has 2 aromatic carbocycles. The van der Waals surface area contributed by atoms with Crippen LogP contribution in [0.5, 0.6) is 0 Å². The Morgan fingerprint density at radius 1 is 0.903 bits per heavy atom. The van der Waals surface area contributed by atoms with Crippen LogP contribution in [0.3, 0.4) is 0 Å². The average molecular weight is 428 g/mol. The van der Waals surface area contributed by atoms with Gasteiger partial charge in [0.1, 0.15) is 12.2 Å². The van der Waals surface area contributed by atoms with Gasteiger partial charge in [0, 0.05) is 6.07 Å². The quantitative estimate of drug-likeness (QED) is 0.510. The number of aliphatic carboxylic acids is 1. The maximum Gasteiger partial charge on any atom is 0.430 e. The number of aliphatic hydroxyl groups is 1. The van der Waals surface area contributed by atoms with Crippen molar-refractivity contribution in [3.8, 4) is 0 Å². The Bertz CT molecular complexity index is 1130. The van der Waals surface area contributed by atoms with Gasteiger partial charge in [0.2, 0.25) is 0 Å². The summed E-state index contributed by atoms with van der Waals surface area (Å²) in [6, 6.07) is 25.7. The molecule has 2 heterocycles. The molecule has 0 saturated carbocycles. The second-order valence-corrected chi connectivity index (χ2v) is 6.78. The Labute approximate surface area is 176 Å². The van der Waals surface area contributed by atoms with Gasteiger partial charge in [0.05, 0.1) is 13.2 Å². The molecule has 31 heavy (non-hydrogen) atoms. The first-order valence-electron chi connectivity index (χ1n) is 9.23. The van der Waals surface area contributed by atoms with Gasteiger partial charge in [-0.25, -0.2) is 4.57 Å². The van der Waals surface area contributed by atoms with Gasteiger partial charge in [-0.05, 0) is 17.2 Å². The van der Waals surface area contributed by atoms with Crippen LogP contribution in [0.15, 0.2) is 91.3 Å². The lowest BCUT2D eigenvalue weighted by atomic mass is 9.84. The molecule has 4 aromatic rings. The Morgan fingerprint density at radius 3 is 1.81 bits per heavy atom. The molecule has 0 bridgehead atoms. The number of pyridine rings is 1. The number of benzene rings is 2. The number of nitrogens with zero attached hydrogens (tertiary/aromatic N) is 2. The van der Waals surface area contributed by atoms with E-state index in [1.807, 2.05) is 107 Å². The molecule has 0 radical (unpaired) electrons. The number of aryl methyl sites for hydroxylation is 1. The number of carbonyl (C=O) groups excluding carboxylic acids is 1. The fraction of sp³-hybridized carbons (Fsp3) is 0.130. The lowest BCUT2D eigenvalue weighted by Crippen LogP contribution is -2.37. The highest BCUT2D eigenvalue weighted by atomic mass is 19.4. The normalized spacial score (nSPS) is 11.6. The number of imidazole rings is 1. The molecule has 0 aliphatic rings. The van der Waals surface area contributed by atoms with E-state index >= 15 is 0 Å². The topological polar surface area (TPSA) is 68.7 Å². The minimum absolute atomic E-state index is 0.818. The van der Waals surface area contributed by atoms with Gasteiger partial charge in [0.25, 0.3) is 5.65 Å². The number of carboxylic acids is 1. The first-order chi connectivity index (χ1) is 14.7. The highest BCUT2D eigenvalue weighted by molar-refractivity contribution is 5.70. The third-order valence-corrected chi connectivity index (χ3v) is 4.76. The predicted molar refractivity (Wildman–Crippen MR) is 105 cm³/mol. The van der Waals surface area contributed by atoms with Gasteiger partial charge >= 0.3 is 6.18 Å². The van der Waals surface area contributed by atoms with Crippen molar-refractivity contribution in [3.05, 3.63) is 108 Å². The number of alkyl halides is 3. The molecular weight excluding hydrogens is 409 g/mol. The monoisotopic (exact) mass is 428 g/mol. The van der Waals surface area contributed by atoms with Crippen molar-refractivity contribution < 1.29 is 32.7 Å². The summed E-state index contributed by atoms with van der Waals surface area (Å²) in [6.45, 7) is 0. The second-order valence-electron chi connectivity index (χ2n) is 6.78. The fourth-order valence-corrected chi connectivity index (χ4v) is 3.33. The third kappa shape index (κ3) is 4.44. The number of halogens is 3. The molecule has 1 N–H and O–H groups in total. The van der Waals surface area contributed by atoms with E-state index in [9.17, 15) is 18.3 Å². The Hall–Kier alpha value is -3.65. The molecule has 0 amide bonds. The van der Waals surface area contributed by atoms with Gasteiger partial charge in [-0.15, -0.1) is 0 Å². The number of hydrogen-bond donors (Lipinski definition) is 1. The summed E-state index contributed by atoms with van der Waals surface area (Å²) in [4.78, 5) is 8.78. The number of carboxylic acid groups (broad SMARTS) is 1. The van der Waals surface area contributed by atoms with Crippen molar-refractivity contribution in [2.45, 2.75) is 11.8 Å². The molecule has 0 fully saturated rings. The second kappa shape index (κ2) is 8.61. The van der Waals surface area contributed by atoms with Crippen LogP contribution in [0.25, 0.3) is 5.65 Å². The number of rotatable bonds is 3. The smallest absolute Gasteiger partial charge is 0.430 e. The molecule has 0 saturated heterocycles. The van der Waals surface area contributed by atoms with Gasteiger partial charge in [-0.2, -0.15) is 17.6 Å². The van der Waals surface area contributed by atoms with Crippen LogP contribution in [0, 0.1) is 0 Å². The number of hydrogen-bond acceptors (Lipinski definition) is 3. The number of aromatic nitrogens is 2. The molecule has 0 atom stereocenters. The van der Waals surface area contributed by atoms with Crippen LogP contribution in [-0.4, -0.2) is 21.7 Å². The van der Waals surface area contributed by atoms with Gasteiger partial charge < -0.3 is 15.0 Å². The SMILES string of the molecule is C[n+]1cc(C(O)(c2ccccc2)c2ccccc2)n2ccccc21.O=C([O-])C(F)(F)F. The van der Waals surface area contributed by atoms with E-state index in [1.165, 1.54) is 0 Å². The van der Waals surface area contributed by atoms with Gasteiger partial charge in [-0.3, -0.25) is 0 Å². The maximum absolute atomic E-state index is 11.9. The van der Waals surface area contributed by atoms with Crippen LogP contribution in [0.2, 0.25) is 0 Å². The van der Waals surface area contributed by atoms with Gasteiger partial charge in [-0.1, -0.05) is 66.7 Å². The van der Waals surface area contributed by atoms with Crippen molar-refractivity contribution in [3.63, 3.8) is 0 Å². The summed E-state index contributed by atoms with van der Waals surface area (Å²) in [6.07, 6.45) is -1.21. The van der Waals surface area contributed by atoms with Crippen LogP contribution >= 0.6 is 0 Å². The van der Waals surface area contributed by atoms with Crippen molar-refractivity contribution in [2.24, 2.45) is 7.05 Å². The Balaban J connectivity index is 0.000000339. The first kappa shape index (κ1) is 22.0. The van der Waals surface area contributed by atoms with Crippen molar-refractivity contribution in [1.29, 1.82) is 0 Å². The van der Waals surface area contributed by atoms with Crippen LogP contribution in [0.4, 0.5) is 13.2 Å². The van der Waals surface area contributed by atoms with Crippen LogP contribution in [0.1, 0.15) is 16.8 Å². The van der Waals surface area contributed by atoms with E-state index in [0.29, 0.717) is 0 Å². The fourth-order valence-electron chi connectivity index (χ4n) is 3.33. The van der Waals surface area contributed by atoms with E-state index in [1.54, 1.807) is 0 Å². The van der Waals surface area contributed by atoms with Gasteiger partial charge in [0.15, 0.2) is 11.3 Å². The molecule has 0 unspecified atom stereocenters. The third-order valence-electron chi connectivity index (χ3n) is 4.76. The lowest BCUT2D eigenvalue weighted by molar-refractivity contribution is -0.644. The minimum atomic E-state index is -5.19. The van der Waals surface area contributed by atoms with E-state index < -0.39 is 17.7 Å². The molecule has 0 spiro atoms. The summed E-state index contributed by atoms with van der Waals surface area (Å²) in [5.74, 6) is -3.01. The maximum atomic E-state index is 11.9. The molecule has 0 aliphatic heterocycles. The lowest BCUT2D eigenvalue weighted by Gasteiger charge is -2.26. The molecular formula is C23H19F3N2O3. The predicted octanol–water partition coefficient (Wildman–Crippen LogP) is 2.35. The standard InChI is InChI=1S/C21H19N2O.C2HF3O2/c1-22-16-19(23-15-9-8-14-20(22)23)21(24,17-10-4-2-5-11-17)18-12-6-3-7-13-18;3-2(4,5)1(6)7/h2-16,24H,1H3;(H,6,7)/q+1;/p-1. The van der Waals surface area contributed by atoms with Crippen LogP contribution in [-0.2, 0) is 17.4 Å². The molecule has 5 nitrogen and oxygen atoms in total. The first-order valence-corrected chi connectivity index (χ1v) is 9.23. The van der Waals surface area contributed by atoms with E-state index in [4.69, 9.17) is 9.90 Å². The van der Waals surface area contributed by atoms with Crippen LogP contribution < -0.4 is 9.67 Å². The Morgan fingerprint density at radius 2 is 1.35 bits per heavy atom. The highest BCUT2D eigenvalue weighted by Crippen LogP contribution is 2.36. The molecule has 2 aromatic heterocycles. The average Bonchev–Trinajstić information content (AvgIpc) is 3.11. The largest absolute Gasteiger partial charge is 0.542 e. The van der Waals surface area contributed by atoms with E-state index in [2.05, 4.69) is 0 Å². The van der Waals surface area contributed by atoms with Crippen molar-refractivity contribution in [1.82, 2.24) is 4.40 Å². The summed E-state index contributed by atoms with van der Waals surface area (Å²) < 4.78 is 35.6. The van der Waals surface area contributed by atoms with E-state index in [-0.39, 0.29) is 0 Å². The summed E-state index contributed by atoms with van der Waals surface area (Å²) in [5, 5.41) is 20.7. The van der Waals surface area contributed by atoms with Crippen molar-refractivity contribution in [2.75, 3.05) is 0 Å². The summed E-state index contributed by atoms with van der Waals surface area (Å²) in [5.41, 5.74) is 2.31. The molecule has 8 heteroatoms. The number of fused-ring (bicyclic) bond motifs is 1. The number of carbonyl (C=O) groups is 1. The zero-order valence-electron chi connectivity index (χ0n) is 16.5.